The molecule has 0 aromatic heterocycles. The van der Waals surface area contributed by atoms with E-state index in [1.165, 1.54) is 0 Å². The fourth-order valence-corrected chi connectivity index (χ4v) is 1.96. The molecule has 2 atom stereocenters. The van der Waals surface area contributed by atoms with E-state index >= 15 is 0 Å². The molecule has 118 valence electrons. The van der Waals surface area contributed by atoms with Crippen molar-refractivity contribution in [2.24, 2.45) is 0 Å². The van der Waals surface area contributed by atoms with Gasteiger partial charge in [0.05, 0.1) is 12.2 Å². The van der Waals surface area contributed by atoms with Gasteiger partial charge in [-0.15, -0.1) is 0 Å². The van der Waals surface area contributed by atoms with E-state index in [0.717, 1.165) is 38.5 Å². The molecule has 0 saturated heterocycles. The lowest BCUT2D eigenvalue weighted by Gasteiger charge is -2.15. The number of unbranched alkanes of at least 4 members (excludes halogenated alkanes) is 1. The summed E-state index contributed by atoms with van der Waals surface area (Å²) in [5, 5.41) is 0. The number of carbonyl (C=O) groups is 2. The molecule has 4 heteroatoms. The van der Waals surface area contributed by atoms with Crippen molar-refractivity contribution in [1.82, 2.24) is 0 Å². The number of rotatable bonds is 11. The molecule has 0 radical (unpaired) electrons. The summed E-state index contributed by atoms with van der Waals surface area (Å²) in [6.45, 7) is 7.79. The third kappa shape index (κ3) is 10.8. The Balaban J connectivity index is 3.59. The molecule has 0 heterocycles. The summed E-state index contributed by atoms with van der Waals surface area (Å²) < 4.78 is 10.5. The molecule has 0 amide bonds. The van der Waals surface area contributed by atoms with Crippen LogP contribution in [0, 0.1) is 0 Å². The minimum absolute atomic E-state index is 0.0213. The van der Waals surface area contributed by atoms with E-state index in [2.05, 4.69) is 0 Å². The zero-order valence-corrected chi connectivity index (χ0v) is 13.4. The van der Waals surface area contributed by atoms with E-state index < -0.39 is 0 Å². The maximum atomic E-state index is 11.3. The molecule has 0 N–H and O–H groups in total. The fraction of sp³-hybridized carbons (Fsp3) is 0.875. The van der Waals surface area contributed by atoms with Crippen LogP contribution in [0.15, 0.2) is 0 Å². The molecule has 0 spiro atoms. The summed E-state index contributed by atoms with van der Waals surface area (Å²) >= 11 is 0. The van der Waals surface area contributed by atoms with Crippen LogP contribution in [-0.2, 0) is 19.1 Å². The smallest absolute Gasteiger partial charge is 0.306 e. The van der Waals surface area contributed by atoms with E-state index in [9.17, 15) is 9.59 Å². The first-order valence-corrected chi connectivity index (χ1v) is 7.88. The van der Waals surface area contributed by atoms with Gasteiger partial charge in [-0.2, -0.15) is 0 Å². The molecule has 0 saturated carbocycles. The molecule has 0 aromatic rings. The second-order valence-corrected chi connectivity index (χ2v) is 5.39. The third-order valence-corrected chi connectivity index (χ3v) is 3.04. The average Bonchev–Trinajstić information content (AvgIpc) is 2.35. The van der Waals surface area contributed by atoms with Gasteiger partial charge in [0.15, 0.2) is 0 Å². The molecule has 0 bridgehead atoms. The van der Waals surface area contributed by atoms with Crippen molar-refractivity contribution in [3.63, 3.8) is 0 Å². The first-order valence-electron chi connectivity index (χ1n) is 7.88. The molecule has 0 aliphatic heterocycles. The molecule has 0 aliphatic carbocycles. The van der Waals surface area contributed by atoms with Crippen molar-refractivity contribution in [3.8, 4) is 0 Å². The van der Waals surface area contributed by atoms with Crippen molar-refractivity contribution >= 4 is 11.9 Å². The number of esters is 2. The van der Waals surface area contributed by atoms with Gasteiger partial charge in [0.25, 0.3) is 0 Å². The Morgan fingerprint density at radius 1 is 0.800 bits per heavy atom. The Morgan fingerprint density at radius 2 is 1.15 bits per heavy atom. The summed E-state index contributed by atoms with van der Waals surface area (Å²) in [5.41, 5.74) is 0. The van der Waals surface area contributed by atoms with Crippen molar-refractivity contribution in [2.45, 2.75) is 91.3 Å². The van der Waals surface area contributed by atoms with Gasteiger partial charge in [-0.25, -0.2) is 0 Å². The Morgan fingerprint density at radius 3 is 1.45 bits per heavy atom. The second-order valence-electron chi connectivity index (χ2n) is 5.39. The highest BCUT2D eigenvalue weighted by atomic mass is 16.5. The predicted octanol–water partition coefficient (Wildman–Crippen LogP) is 4.01. The lowest BCUT2D eigenvalue weighted by molar-refractivity contribution is -0.150. The van der Waals surface area contributed by atoms with E-state index in [1.54, 1.807) is 0 Å². The van der Waals surface area contributed by atoms with Crippen LogP contribution in [0.1, 0.15) is 79.1 Å². The van der Waals surface area contributed by atoms with Crippen molar-refractivity contribution in [3.05, 3.63) is 0 Å². The molecule has 20 heavy (non-hydrogen) atoms. The summed E-state index contributed by atoms with van der Waals surface area (Å²) in [4.78, 5) is 22.6. The SMILES string of the molecule is CCCC(=O)OC(C)CCCCC(C)OC(=O)CCC. The monoisotopic (exact) mass is 286 g/mol. The van der Waals surface area contributed by atoms with Gasteiger partial charge in [-0.3, -0.25) is 9.59 Å². The molecule has 0 rings (SSSR count). The topological polar surface area (TPSA) is 52.6 Å². The van der Waals surface area contributed by atoms with Crippen LogP contribution >= 0.6 is 0 Å². The highest BCUT2D eigenvalue weighted by Crippen LogP contribution is 2.11. The van der Waals surface area contributed by atoms with Gasteiger partial charge in [-0.1, -0.05) is 13.8 Å². The first-order chi connectivity index (χ1) is 9.49. The highest BCUT2D eigenvalue weighted by Gasteiger charge is 2.10. The van der Waals surface area contributed by atoms with E-state index in [-0.39, 0.29) is 24.1 Å². The summed E-state index contributed by atoms with van der Waals surface area (Å²) in [6, 6.07) is 0. The van der Waals surface area contributed by atoms with Crippen LogP contribution in [-0.4, -0.2) is 24.1 Å². The molecule has 0 aliphatic rings. The minimum Gasteiger partial charge on any atom is -0.463 e. The van der Waals surface area contributed by atoms with Gasteiger partial charge in [0.2, 0.25) is 0 Å². The molecule has 4 nitrogen and oxygen atoms in total. The summed E-state index contributed by atoms with van der Waals surface area (Å²) in [5.74, 6) is -0.219. The van der Waals surface area contributed by atoms with Crippen LogP contribution < -0.4 is 0 Å². The van der Waals surface area contributed by atoms with E-state index in [1.807, 2.05) is 27.7 Å². The Kier molecular flexibility index (Phi) is 11.1. The normalized spacial score (nSPS) is 13.6. The van der Waals surface area contributed by atoms with Crippen molar-refractivity contribution in [1.29, 1.82) is 0 Å². The van der Waals surface area contributed by atoms with Gasteiger partial charge < -0.3 is 9.47 Å². The lowest BCUT2D eigenvalue weighted by atomic mass is 10.1. The average molecular weight is 286 g/mol. The molecule has 0 aromatic carbocycles. The first kappa shape index (κ1) is 18.9. The second kappa shape index (κ2) is 11.7. The van der Waals surface area contributed by atoms with Crippen LogP contribution in [0.2, 0.25) is 0 Å². The van der Waals surface area contributed by atoms with E-state index in [4.69, 9.17) is 9.47 Å². The number of hydrogen-bond acceptors (Lipinski definition) is 4. The minimum atomic E-state index is -0.109. The predicted molar refractivity (Wildman–Crippen MR) is 79.4 cm³/mol. The maximum Gasteiger partial charge on any atom is 0.306 e. The number of carbonyl (C=O) groups excluding carboxylic acids is 2. The fourth-order valence-electron chi connectivity index (χ4n) is 1.96. The Hall–Kier alpha value is -1.06. The van der Waals surface area contributed by atoms with Gasteiger partial charge in [0.1, 0.15) is 0 Å². The number of ether oxygens (including phenoxy) is 2. The Bertz CT molecular complexity index is 248. The quantitative estimate of drug-likeness (QED) is 0.425. The van der Waals surface area contributed by atoms with Crippen molar-refractivity contribution in [2.75, 3.05) is 0 Å². The molecular weight excluding hydrogens is 256 g/mol. The maximum absolute atomic E-state index is 11.3. The zero-order chi connectivity index (χ0) is 15.4. The van der Waals surface area contributed by atoms with Gasteiger partial charge >= 0.3 is 11.9 Å². The van der Waals surface area contributed by atoms with Crippen LogP contribution in [0.5, 0.6) is 0 Å². The van der Waals surface area contributed by atoms with Gasteiger partial charge in [0, 0.05) is 12.8 Å². The van der Waals surface area contributed by atoms with Crippen LogP contribution in [0.25, 0.3) is 0 Å². The summed E-state index contributed by atoms with van der Waals surface area (Å²) in [6.07, 6.45) is 6.30. The van der Waals surface area contributed by atoms with Gasteiger partial charge in [-0.05, 0) is 52.4 Å². The highest BCUT2D eigenvalue weighted by molar-refractivity contribution is 5.69. The lowest BCUT2D eigenvalue weighted by Crippen LogP contribution is -2.16. The van der Waals surface area contributed by atoms with E-state index in [0.29, 0.717) is 12.8 Å². The summed E-state index contributed by atoms with van der Waals surface area (Å²) in [7, 11) is 0. The molecular formula is C16H30O4. The standard InChI is InChI=1S/C16H30O4/c1-5-9-15(17)19-13(3)11-7-8-12-14(4)20-16(18)10-6-2/h13-14H,5-12H2,1-4H3. The van der Waals surface area contributed by atoms with Crippen LogP contribution in [0.4, 0.5) is 0 Å². The molecule has 2 unspecified atom stereocenters. The largest absolute Gasteiger partial charge is 0.463 e. The third-order valence-electron chi connectivity index (χ3n) is 3.04. The number of hydrogen-bond donors (Lipinski definition) is 0. The van der Waals surface area contributed by atoms with Crippen molar-refractivity contribution < 1.29 is 19.1 Å². The molecule has 0 fully saturated rings. The zero-order valence-electron chi connectivity index (χ0n) is 13.4. The Labute approximate surface area is 123 Å². The van der Waals surface area contributed by atoms with Crippen LogP contribution in [0.3, 0.4) is 0 Å².